The van der Waals surface area contributed by atoms with Crippen LogP contribution in [0.25, 0.3) is 161 Å². The van der Waals surface area contributed by atoms with E-state index < -0.39 is 0 Å². The molecule has 9 aromatic heterocycles. The van der Waals surface area contributed by atoms with Crippen LogP contribution in [0.4, 0.5) is 0 Å². The molecule has 18 rings (SSSR count). The third-order valence-electron chi connectivity index (χ3n) is 15.2. The van der Waals surface area contributed by atoms with Crippen LogP contribution in [0.15, 0.2) is 268 Å². The fraction of sp³-hybridized carbons (Fsp3) is 0. The van der Waals surface area contributed by atoms with Gasteiger partial charge < -0.3 is 28.2 Å². The van der Waals surface area contributed by atoms with Gasteiger partial charge in [0.1, 0.15) is 16.7 Å². The molecule has 0 saturated heterocycles. The Labute approximate surface area is 512 Å². The zero-order valence-corrected chi connectivity index (χ0v) is 49.7. The van der Waals surface area contributed by atoms with Crippen LogP contribution < -0.4 is 0 Å². The molecule has 0 unspecified atom stereocenters. The molecule has 6 nitrogen and oxygen atoms in total. The number of furan rings is 3. The number of fused-ring (bicyclic) bond motifs is 12. The fourth-order valence-corrected chi connectivity index (χ4v) is 14.2. The number of hydrogen-bond donors (Lipinski definition) is 0. The monoisotopic (exact) mass is 1320 g/mol. The van der Waals surface area contributed by atoms with Crippen molar-refractivity contribution in [2.24, 2.45) is 0 Å². The third-order valence-corrected chi connectivity index (χ3v) is 18.7. The molecule has 10 heteroatoms. The quantitative estimate of drug-likeness (QED) is 0.154. The molecule has 9 heterocycles. The summed E-state index contributed by atoms with van der Waals surface area (Å²) in [6.07, 6.45) is 5.82. The van der Waals surface area contributed by atoms with Crippen molar-refractivity contribution in [3.8, 4) is 65.1 Å². The van der Waals surface area contributed by atoms with Gasteiger partial charge in [0.15, 0.2) is 0 Å². The zero-order chi connectivity index (χ0) is 55.5. The molecular formula is C75H42IrN3O3S3. The maximum Gasteiger partial charge on any atom is 3.00 e. The first-order valence-electron chi connectivity index (χ1n) is 27.4. The second-order valence-electron chi connectivity index (χ2n) is 20.3. The maximum absolute atomic E-state index is 6.12. The Balaban J connectivity index is 0.000000107. The van der Waals surface area contributed by atoms with Crippen LogP contribution in [0.3, 0.4) is 0 Å². The molecule has 0 bridgehead atoms. The van der Waals surface area contributed by atoms with E-state index in [0.717, 1.165) is 116 Å². The number of para-hydroxylation sites is 3. The molecule has 18 aromatic rings. The number of thiophene rings is 3. The SMILES string of the molecule is [Ir+3].[c-]1ccc2c(oc3ccccc32)c1-c1ccc(-c2cc3ccccc3s2)cn1.[c-]1ccc2c(oc3ccccc32)c1-c1ccc(-c2cc3ccccc3s2)cn1.[c-]1ccc2c(oc3ccccc32)c1-c1ccc(-c2cc3ccccc3s2)cn1. The Bertz CT molecular complexity index is 4820. The molecule has 0 aliphatic carbocycles. The van der Waals surface area contributed by atoms with E-state index in [-0.39, 0.29) is 20.1 Å². The molecular weight excluding hydrogens is 1280 g/mol. The molecule has 9 aromatic carbocycles. The largest absolute Gasteiger partial charge is 3.00 e. The summed E-state index contributed by atoms with van der Waals surface area (Å²) in [7, 11) is 0. The van der Waals surface area contributed by atoms with Gasteiger partial charge in [0.25, 0.3) is 0 Å². The number of aromatic nitrogens is 3. The van der Waals surface area contributed by atoms with Gasteiger partial charge in [-0.25, -0.2) is 0 Å². The Kier molecular flexibility index (Phi) is 13.6. The van der Waals surface area contributed by atoms with Gasteiger partial charge in [0.2, 0.25) is 0 Å². The first kappa shape index (κ1) is 52.2. The van der Waals surface area contributed by atoms with E-state index in [9.17, 15) is 0 Å². The van der Waals surface area contributed by atoms with Crippen molar-refractivity contribution in [1.29, 1.82) is 0 Å². The van der Waals surface area contributed by atoms with Gasteiger partial charge in [0, 0.05) is 80.2 Å². The predicted molar refractivity (Wildman–Crippen MR) is 350 cm³/mol. The van der Waals surface area contributed by atoms with E-state index >= 15 is 0 Å². The van der Waals surface area contributed by atoms with E-state index in [1.54, 1.807) is 34.0 Å². The van der Waals surface area contributed by atoms with Crippen molar-refractivity contribution >= 4 is 130 Å². The number of benzene rings is 9. The minimum atomic E-state index is 0. The van der Waals surface area contributed by atoms with E-state index in [4.69, 9.17) is 28.2 Å². The van der Waals surface area contributed by atoms with Gasteiger partial charge in [-0.3, -0.25) is 0 Å². The third kappa shape index (κ3) is 9.70. The molecule has 0 aliphatic heterocycles. The first-order chi connectivity index (χ1) is 41.6. The Morgan fingerprint density at radius 2 is 0.588 bits per heavy atom. The van der Waals surface area contributed by atoms with Crippen LogP contribution in [-0.4, -0.2) is 15.0 Å². The van der Waals surface area contributed by atoms with Gasteiger partial charge in [-0.15, -0.1) is 88.6 Å². The van der Waals surface area contributed by atoms with E-state index in [1.807, 2.05) is 91.4 Å². The summed E-state index contributed by atoms with van der Waals surface area (Å²) in [4.78, 5) is 17.9. The molecule has 0 radical (unpaired) electrons. The fourth-order valence-electron chi connectivity index (χ4n) is 11.1. The number of nitrogens with zero attached hydrogens (tertiary/aromatic N) is 3. The van der Waals surface area contributed by atoms with E-state index in [2.05, 4.69) is 182 Å². The minimum absolute atomic E-state index is 0. The molecule has 0 aliphatic rings. The van der Waals surface area contributed by atoms with Gasteiger partial charge in [-0.05, 0) is 87.8 Å². The van der Waals surface area contributed by atoms with Crippen LogP contribution in [0, 0.1) is 18.2 Å². The molecule has 85 heavy (non-hydrogen) atoms. The summed E-state index contributed by atoms with van der Waals surface area (Å²) in [5, 5.41) is 10.5. The Morgan fingerprint density at radius 1 is 0.294 bits per heavy atom. The summed E-state index contributed by atoms with van der Waals surface area (Å²) in [6.45, 7) is 0. The molecule has 0 atom stereocenters. The van der Waals surface area contributed by atoms with Crippen LogP contribution in [-0.2, 0) is 20.1 Å². The Hall–Kier alpha value is -9.64. The van der Waals surface area contributed by atoms with Crippen molar-refractivity contribution in [2.45, 2.75) is 0 Å². The smallest absolute Gasteiger partial charge is 0.501 e. The van der Waals surface area contributed by atoms with Gasteiger partial charge >= 0.3 is 20.1 Å². The Morgan fingerprint density at radius 3 is 0.882 bits per heavy atom. The van der Waals surface area contributed by atoms with E-state index in [1.165, 1.54) is 44.9 Å². The second kappa shape index (κ2) is 22.2. The zero-order valence-electron chi connectivity index (χ0n) is 44.9. The van der Waals surface area contributed by atoms with Gasteiger partial charge in [-0.2, -0.15) is 0 Å². The van der Waals surface area contributed by atoms with Gasteiger partial charge in [-0.1, -0.05) is 178 Å². The topological polar surface area (TPSA) is 78.1 Å². The normalized spacial score (nSPS) is 11.4. The molecule has 0 amide bonds. The average Bonchev–Trinajstić information content (AvgIpc) is 4.34. The van der Waals surface area contributed by atoms with Crippen molar-refractivity contribution < 1.29 is 33.4 Å². The van der Waals surface area contributed by atoms with Crippen LogP contribution in [0.2, 0.25) is 0 Å². The molecule has 0 saturated carbocycles. The first-order valence-corrected chi connectivity index (χ1v) is 29.9. The minimum Gasteiger partial charge on any atom is -0.501 e. The van der Waals surface area contributed by atoms with Crippen LogP contribution >= 0.6 is 34.0 Å². The van der Waals surface area contributed by atoms with Gasteiger partial charge in [0.05, 0.1) is 16.7 Å². The summed E-state index contributed by atoms with van der Waals surface area (Å²) in [5.41, 5.74) is 13.9. The van der Waals surface area contributed by atoms with Crippen LogP contribution in [0.1, 0.15) is 0 Å². The second-order valence-corrected chi connectivity index (χ2v) is 23.6. The molecule has 402 valence electrons. The van der Waals surface area contributed by atoms with Crippen molar-refractivity contribution in [3.05, 3.63) is 273 Å². The standard InChI is InChI=1S/3C25H14NOS.Ir/c3*1-4-11-23-16(6-1)14-24(28-23)17-12-13-21(26-15-17)20-9-5-8-19-18-7-2-3-10-22(18)27-25(19)20;/h3*1-8,10-15H;/q3*-1;+3. The molecule has 0 spiro atoms. The summed E-state index contributed by atoms with van der Waals surface area (Å²) < 4.78 is 22.3. The van der Waals surface area contributed by atoms with Crippen molar-refractivity contribution in [3.63, 3.8) is 0 Å². The predicted octanol–water partition coefficient (Wildman–Crippen LogP) is 22.0. The molecule has 0 N–H and O–H groups in total. The maximum atomic E-state index is 6.12. The number of rotatable bonds is 6. The van der Waals surface area contributed by atoms with E-state index in [0.29, 0.717) is 0 Å². The summed E-state index contributed by atoms with van der Waals surface area (Å²) in [5.74, 6) is 0. The summed E-state index contributed by atoms with van der Waals surface area (Å²) in [6, 6.07) is 90.8. The van der Waals surface area contributed by atoms with Crippen molar-refractivity contribution in [1.82, 2.24) is 15.0 Å². The molecule has 0 fully saturated rings. The average molecular weight is 1320 g/mol. The summed E-state index contributed by atoms with van der Waals surface area (Å²) >= 11 is 5.37. The van der Waals surface area contributed by atoms with Crippen LogP contribution in [0.5, 0.6) is 0 Å². The number of pyridine rings is 3. The van der Waals surface area contributed by atoms with Crippen molar-refractivity contribution in [2.75, 3.05) is 0 Å². The number of hydrogen-bond acceptors (Lipinski definition) is 9.